The number of hydrogen-bond acceptors (Lipinski definition) is 5. The minimum Gasteiger partial charge on any atom is -0.478 e. The third-order valence-corrected chi connectivity index (χ3v) is 4.85. The van der Waals surface area contributed by atoms with Crippen LogP contribution in [-0.2, 0) is 6.18 Å². The summed E-state index contributed by atoms with van der Waals surface area (Å²) in [4.78, 5) is 30.7. The lowest BCUT2D eigenvalue weighted by Gasteiger charge is -2.15. The molecule has 1 aromatic carbocycles. The molecule has 1 atom stereocenters. The highest BCUT2D eigenvalue weighted by Crippen LogP contribution is 2.31. The van der Waals surface area contributed by atoms with Gasteiger partial charge in [0.1, 0.15) is 5.52 Å². The van der Waals surface area contributed by atoms with E-state index in [1.807, 2.05) is 0 Å². The number of carbonyl (C=O) groups is 1. The Kier molecular flexibility index (Phi) is 4.64. The summed E-state index contributed by atoms with van der Waals surface area (Å²) in [7, 11) is 0. The Labute approximate surface area is 171 Å². The van der Waals surface area contributed by atoms with E-state index in [1.54, 1.807) is 13.8 Å². The van der Waals surface area contributed by atoms with E-state index in [9.17, 15) is 22.8 Å². The van der Waals surface area contributed by atoms with E-state index in [0.717, 1.165) is 23.0 Å². The SMILES string of the molecule is Cc1nn([C@@H](C)c2ccc(C(F)(F)F)cc2)c2c(=O)[nH]c(-n3cc(C(=O)O)cn3)nc12. The standard InChI is InChI=1S/C19H15F3N6O3/c1-9-14-15(16(29)25-18(24-14)27-8-12(7-23-27)17(30)31)28(26-9)10(2)11-3-5-13(6-4-11)19(20,21)22/h3-8,10H,1-2H3,(H,30,31)(H,24,25,29)/t10-/m0/s1. The molecule has 9 nitrogen and oxygen atoms in total. The van der Waals surface area contributed by atoms with E-state index in [2.05, 4.69) is 20.2 Å². The lowest BCUT2D eigenvalue weighted by molar-refractivity contribution is -0.137. The van der Waals surface area contributed by atoms with Crippen LogP contribution >= 0.6 is 0 Å². The van der Waals surface area contributed by atoms with Crippen molar-refractivity contribution in [2.75, 3.05) is 0 Å². The minimum atomic E-state index is -4.44. The van der Waals surface area contributed by atoms with Gasteiger partial charge >= 0.3 is 12.1 Å². The number of nitrogens with one attached hydrogen (secondary N) is 1. The van der Waals surface area contributed by atoms with Crippen molar-refractivity contribution in [3.8, 4) is 5.95 Å². The molecule has 0 saturated carbocycles. The highest BCUT2D eigenvalue weighted by Gasteiger charge is 2.30. The molecule has 0 spiro atoms. The molecule has 0 bridgehead atoms. The Balaban J connectivity index is 1.77. The normalized spacial score (nSPS) is 12.9. The largest absolute Gasteiger partial charge is 0.478 e. The van der Waals surface area contributed by atoms with Crippen molar-refractivity contribution in [3.63, 3.8) is 0 Å². The second-order valence-electron chi connectivity index (χ2n) is 6.89. The summed E-state index contributed by atoms with van der Waals surface area (Å²) in [5.74, 6) is -1.17. The first kappa shape index (κ1) is 20.3. The lowest BCUT2D eigenvalue weighted by atomic mass is 10.1. The number of aryl methyl sites for hydroxylation is 1. The van der Waals surface area contributed by atoms with E-state index >= 15 is 0 Å². The molecule has 0 aliphatic rings. The average Bonchev–Trinajstić information content (AvgIpc) is 3.33. The summed E-state index contributed by atoms with van der Waals surface area (Å²) in [6, 6.07) is 4.08. The molecular weight excluding hydrogens is 417 g/mol. The number of aromatic amines is 1. The van der Waals surface area contributed by atoms with E-state index < -0.39 is 29.3 Å². The van der Waals surface area contributed by atoms with Crippen molar-refractivity contribution >= 4 is 17.0 Å². The topological polar surface area (TPSA) is 119 Å². The molecule has 0 aliphatic carbocycles. The Morgan fingerprint density at radius 1 is 1.23 bits per heavy atom. The second kappa shape index (κ2) is 7.07. The van der Waals surface area contributed by atoms with Crippen LogP contribution in [0.3, 0.4) is 0 Å². The summed E-state index contributed by atoms with van der Waals surface area (Å²) < 4.78 is 41.0. The molecule has 0 amide bonds. The number of carboxylic acid groups (broad SMARTS) is 1. The summed E-state index contributed by atoms with van der Waals surface area (Å²) in [6.45, 7) is 3.34. The molecule has 0 aliphatic heterocycles. The molecular formula is C19H15F3N6O3. The van der Waals surface area contributed by atoms with Crippen molar-refractivity contribution in [1.29, 1.82) is 0 Å². The van der Waals surface area contributed by atoms with Crippen LogP contribution in [0.4, 0.5) is 13.2 Å². The second-order valence-corrected chi connectivity index (χ2v) is 6.89. The van der Waals surface area contributed by atoms with Gasteiger partial charge in [-0.05, 0) is 31.5 Å². The number of carboxylic acids is 1. The molecule has 3 aromatic heterocycles. The zero-order valence-electron chi connectivity index (χ0n) is 16.2. The minimum absolute atomic E-state index is 0.00910. The van der Waals surface area contributed by atoms with Crippen molar-refractivity contribution in [3.05, 3.63) is 69.4 Å². The predicted octanol–water partition coefficient (Wildman–Crippen LogP) is 2.94. The smallest absolute Gasteiger partial charge is 0.416 e. The number of nitrogens with zero attached hydrogens (tertiary/aromatic N) is 5. The summed E-state index contributed by atoms with van der Waals surface area (Å²) in [5, 5.41) is 17.3. The van der Waals surface area contributed by atoms with Crippen molar-refractivity contribution in [2.24, 2.45) is 0 Å². The number of aromatic carboxylic acids is 1. The number of aromatic nitrogens is 6. The van der Waals surface area contributed by atoms with Crippen LogP contribution in [0.1, 0.15) is 40.1 Å². The molecule has 2 N–H and O–H groups in total. The van der Waals surface area contributed by atoms with Crippen LogP contribution < -0.4 is 5.56 Å². The van der Waals surface area contributed by atoms with Gasteiger partial charge in [0.15, 0.2) is 5.52 Å². The number of rotatable bonds is 4. The van der Waals surface area contributed by atoms with Crippen LogP contribution in [-0.4, -0.2) is 40.6 Å². The van der Waals surface area contributed by atoms with Gasteiger partial charge in [-0.3, -0.25) is 14.5 Å². The van der Waals surface area contributed by atoms with Crippen molar-refractivity contribution in [1.82, 2.24) is 29.5 Å². The fourth-order valence-corrected chi connectivity index (χ4v) is 3.21. The van der Waals surface area contributed by atoms with Gasteiger partial charge in [-0.2, -0.15) is 23.4 Å². The lowest BCUT2D eigenvalue weighted by Crippen LogP contribution is -2.19. The van der Waals surface area contributed by atoms with E-state index in [4.69, 9.17) is 5.11 Å². The van der Waals surface area contributed by atoms with Crippen LogP contribution in [0.15, 0.2) is 41.5 Å². The molecule has 0 unspecified atom stereocenters. The fourth-order valence-electron chi connectivity index (χ4n) is 3.21. The number of fused-ring (bicyclic) bond motifs is 1. The van der Waals surface area contributed by atoms with Gasteiger partial charge in [-0.15, -0.1) is 0 Å². The Hall–Kier alpha value is -3.96. The summed E-state index contributed by atoms with van der Waals surface area (Å²) in [6.07, 6.45) is -2.12. The van der Waals surface area contributed by atoms with Crippen molar-refractivity contribution in [2.45, 2.75) is 26.1 Å². The maximum Gasteiger partial charge on any atom is 0.416 e. The molecule has 3 heterocycles. The molecule has 4 aromatic rings. The number of benzene rings is 1. The zero-order valence-corrected chi connectivity index (χ0v) is 16.2. The van der Waals surface area contributed by atoms with E-state index in [-0.39, 0.29) is 22.5 Å². The highest BCUT2D eigenvalue weighted by molar-refractivity contribution is 5.87. The van der Waals surface area contributed by atoms with Gasteiger partial charge in [0.25, 0.3) is 5.56 Å². The first-order valence-electron chi connectivity index (χ1n) is 9.01. The maximum atomic E-state index is 12.8. The maximum absolute atomic E-state index is 12.8. The predicted molar refractivity (Wildman–Crippen MR) is 102 cm³/mol. The van der Waals surface area contributed by atoms with Gasteiger partial charge in [0.2, 0.25) is 5.95 Å². The monoisotopic (exact) mass is 432 g/mol. The van der Waals surface area contributed by atoms with E-state index in [0.29, 0.717) is 11.3 Å². The molecule has 4 rings (SSSR count). The Morgan fingerprint density at radius 3 is 2.48 bits per heavy atom. The van der Waals surface area contributed by atoms with Gasteiger partial charge in [-0.25, -0.2) is 14.5 Å². The molecule has 0 radical (unpaired) electrons. The first-order valence-corrected chi connectivity index (χ1v) is 9.01. The number of halogens is 3. The van der Waals surface area contributed by atoms with Gasteiger partial charge in [-0.1, -0.05) is 12.1 Å². The van der Waals surface area contributed by atoms with Gasteiger partial charge in [0, 0.05) is 6.20 Å². The van der Waals surface area contributed by atoms with Crippen LogP contribution in [0.25, 0.3) is 17.0 Å². The number of H-pyrrole nitrogens is 1. The first-order chi connectivity index (χ1) is 14.6. The number of alkyl halides is 3. The number of hydrogen-bond donors (Lipinski definition) is 2. The molecule has 31 heavy (non-hydrogen) atoms. The third-order valence-electron chi connectivity index (χ3n) is 4.85. The quantitative estimate of drug-likeness (QED) is 0.512. The summed E-state index contributed by atoms with van der Waals surface area (Å²) in [5.41, 5.74) is -0.0400. The zero-order chi connectivity index (χ0) is 22.5. The van der Waals surface area contributed by atoms with Crippen LogP contribution in [0.2, 0.25) is 0 Å². The van der Waals surface area contributed by atoms with Gasteiger partial charge < -0.3 is 5.11 Å². The van der Waals surface area contributed by atoms with E-state index in [1.165, 1.54) is 23.0 Å². The average molecular weight is 432 g/mol. The molecule has 12 heteroatoms. The van der Waals surface area contributed by atoms with Crippen LogP contribution in [0.5, 0.6) is 0 Å². The van der Waals surface area contributed by atoms with Crippen molar-refractivity contribution < 1.29 is 23.1 Å². The molecule has 0 saturated heterocycles. The summed E-state index contributed by atoms with van der Waals surface area (Å²) >= 11 is 0. The fraction of sp³-hybridized carbons (Fsp3) is 0.211. The molecule has 0 fully saturated rings. The Morgan fingerprint density at radius 2 is 1.90 bits per heavy atom. The highest BCUT2D eigenvalue weighted by atomic mass is 19.4. The third kappa shape index (κ3) is 3.56. The van der Waals surface area contributed by atoms with Crippen LogP contribution in [0, 0.1) is 6.92 Å². The Bertz CT molecular complexity index is 1350. The van der Waals surface area contributed by atoms with Gasteiger partial charge in [0.05, 0.1) is 29.1 Å². The molecule has 160 valence electrons.